The smallest absolute Gasteiger partial charge is 0.306 e. The fourth-order valence-corrected chi connectivity index (χ4v) is 2.79. The van der Waals surface area contributed by atoms with Gasteiger partial charge in [0, 0.05) is 21.8 Å². The number of esters is 1. The number of carbonyl (C=O) groups is 1. The molecule has 0 N–H and O–H groups in total. The summed E-state index contributed by atoms with van der Waals surface area (Å²) < 4.78 is 12.4. The van der Waals surface area contributed by atoms with Crippen LogP contribution in [0, 0.1) is 0 Å². The van der Waals surface area contributed by atoms with Crippen molar-refractivity contribution < 1.29 is 14.3 Å². The van der Waals surface area contributed by atoms with Gasteiger partial charge in [0.2, 0.25) is 5.88 Å². The summed E-state index contributed by atoms with van der Waals surface area (Å²) in [4.78, 5) is 11.6. The second kappa shape index (κ2) is 9.68. The number of halogens is 2. The fourth-order valence-electron chi connectivity index (χ4n) is 2.32. The van der Waals surface area contributed by atoms with Crippen LogP contribution in [-0.2, 0) is 22.5 Å². The molecule has 1 aromatic heterocycles. The quantitative estimate of drug-likeness (QED) is 0.596. The molecule has 0 unspecified atom stereocenters. The second-order valence-corrected chi connectivity index (χ2v) is 6.36. The topological polar surface area (TPSA) is 53.4 Å². The molecule has 1 aromatic carbocycles. The molecule has 2 aromatic rings. The number of aryl methyl sites for hydroxylation is 1. The van der Waals surface area contributed by atoms with Gasteiger partial charge in [-0.05, 0) is 37.5 Å². The van der Waals surface area contributed by atoms with E-state index in [1.54, 1.807) is 23.7 Å². The van der Waals surface area contributed by atoms with Crippen LogP contribution in [0.25, 0.3) is 0 Å². The molecule has 0 bridgehead atoms. The zero-order chi connectivity index (χ0) is 18.2. The lowest BCUT2D eigenvalue weighted by Gasteiger charge is -2.09. The van der Waals surface area contributed by atoms with Gasteiger partial charge in [0.25, 0.3) is 0 Å². The molecule has 2 rings (SSSR count). The number of hydrogen-bond acceptors (Lipinski definition) is 4. The molecule has 5 nitrogen and oxygen atoms in total. The van der Waals surface area contributed by atoms with Crippen molar-refractivity contribution in [3.8, 4) is 5.88 Å². The number of rotatable bonds is 9. The SMILES string of the molecule is CCCOc1cc(CCC(=O)OCC)n(Cc2ccc(Cl)cc2Cl)n1. The molecule has 0 aliphatic carbocycles. The molecule has 0 aliphatic rings. The maximum absolute atomic E-state index is 11.6. The molecule has 0 aliphatic heterocycles. The molecule has 0 spiro atoms. The number of aromatic nitrogens is 2. The van der Waals surface area contributed by atoms with E-state index in [1.807, 2.05) is 19.1 Å². The van der Waals surface area contributed by atoms with E-state index in [4.69, 9.17) is 32.7 Å². The van der Waals surface area contributed by atoms with Crippen molar-refractivity contribution in [1.29, 1.82) is 0 Å². The maximum Gasteiger partial charge on any atom is 0.306 e. The Bertz CT molecular complexity index is 716. The Labute approximate surface area is 157 Å². The summed E-state index contributed by atoms with van der Waals surface area (Å²) in [6.07, 6.45) is 1.71. The summed E-state index contributed by atoms with van der Waals surface area (Å²) >= 11 is 12.2. The lowest BCUT2D eigenvalue weighted by molar-refractivity contribution is -0.143. The molecule has 1 heterocycles. The Balaban J connectivity index is 2.17. The molecule has 0 fully saturated rings. The zero-order valence-corrected chi connectivity index (χ0v) is 15.9. The van der Waals surface area contributed by atoms with E-state index < -0.39 is 0 Å². The number of nitrogens with zero attached hydrogens (tertiary/aromatic N) is 2. The minimum Gasteiger partial charge on any atom is -0.477 e. The van der Waals surface area contributed by atoms with Crippen LogP contribution in [0.3, 0.4) is 0 Å². The van der Waals surface area contributed by atoms with Crippen molar-refractivity contribution >= 4 is 29.2 Å². The molecular weight excluding hydrogens is 363 g/mol. The molecule has 0 saturated heterocycles. The highest BCUT2D eigenvalue weighted by molar-refractivity contribution is 6.35. The molecule has 136 valence electrons. The van der Waals surface area contributed by atoms with Crippen LogP contribution in [0.4, 0.5) is 0 Å². The first-order valence-corrected chi connectivity index (χ1v) is 9.08. The maximum atomic E-state index is 11.6. The number of ether oxygens (including phenoxy) is 2. The summed E-state index contributed by atoms with van der Waals surface area (Å²) in [5.41, 5.74) is 1.79. The fraction of sp³-hybridized carbons (Fsp3) is 0.444. The minimum atomic E-state index is -0.226. The van der Waals surface area contributed by atoms with Gasteiger partial charge in [-0.25, -0.2) is 0 Å². The third kappa shape index (κ3) is 5.94. The third-order valence-corrected chi connectivity index (χ3v) is 4.11. The van der Waals surface area contributed by atoms with E-state index in [-0.39, 0.29) is 5.97 Å². The summed E-state index contributed by atoms with van der Waals surface area (Å²) in [5.74, 6) is 0.321. The van der Waals surface area contributed by atoms with Gasteiger partial charge in [0.1, 0.15) is 0 Å². The van der Waals surface area contributed by atoms with Crippen LogP contribution in [0.15, 0.2) is 24.3 Å². The van der Waals surface area contributed by atoms with E-state index in [2.05, 4.69) is 5.10 Å². The predicted octanol–water partition coefficient (Wildman–Crippen LogP) is 4.52. The van der Waals surface area contributed by atoms with Gasteiger partial charge in [0.15, 0.2) is 0 Å². The number of hydrogen-bond donors (Lipinski definition) is 0. The van der Waals surface area contributed by atoms with Gasteiger partial charge >= 0.3 is 5.97 Å². The second-order valence-electron chi connectivity index (χ2n) is 5.52. The largest absolute Gasteiger partial charge is 0.477 e. The highest BCUT2D eigenvalue weighted by atomic mass is 35.5. The number of carbonyl (C=O) groups excluding carboxylic acids is 1. The van der Waals surface area contributed by atoms with Crippen molar-refractivity contribution in [1.82, 2.24) is 9.78 Å². The Morgan fingerprint density at radius 3 is 2.72 bits per heavy atom. The van der Waals surface area contributed by atoms with E-state index in [0.717, 1.165) is 17.7 Å². The van der Waals surface area contributed by atoms with Gasteiger partial charge in [-0.2, -0.15) is 0 Å². The minimum absolute atomic E-state index is 0.226. The third-order valence-electron chi connectivity index (χ3n) is 3.52. The number of benzene rings is 1. The first kappa shape index (κ1) is 19.6. The summed E-state index contributed by atoms with van der Waals surface area (Å²) in [7, 11) is 0. The Kier molecular flexibility index (Phi) is 7.59. The molecule has 0 saturated carbocycles. The first-order chi connectivity index (χ1) is 12.0. The summed E-state index contributed by atoms with van der Waals surface area (Å²) in [6.45, 7) is 5.27. The monoisotopic (exact) mass is 384 g/mol. The van der Waals surface area contributed by atoms with Crippen LogP contribution >= 0.6 is 23.2 Å². The van der Waals surface area contributed by atoms with E-state index in [0.29, 0.717) is 48.5 Å². The van der Waals surface area contributed by atoms with Crippen LogP contribution in [-0.4, -0.2) is 29.0 Å². The van der Waals surface area contributed by atoms with Gasteiger partial charge < -0.3 is 9.47 Å². The van der Waals surface area contributed by atoms with Crippen molar-refractivity contribution in [3.63, 3.8) is 0 Å². The zero-order valence-electron chi connectivity index (χ0n) is 14.4. The van der Waals surface area contributed by atoms with Crippen molar-refractivity contribution in [2.75, 3.05) is 13.2 Å². The van der Waals surface area contributed by atoms with E-state index >= 15 is 0 Å². The van der Waals surface area contributed by atoms with Crippen LogP contribution in [0.5, 0.6) is 5.88 Å². The van der Waals surface area contributed by atoms with Crippen LogP contribution < -0.4 is 4.74 Å². The Morgan fingerprint density at radius 1 is 1.24 bits per heavy atom. The molecule has 0 atom stereocenters. The lowest BCUT2D eigenvalue weighted by Crippen LogP contribution is -2.10. The van der Waals surface area contributed by atoms with Gasteiger partial charge in [-0.3, -0.25) is 9.48 Å². The highest BCUT2D eigenvalue weighted by Crippen LogP contribution is 2.23. The van der Waals surface area contributed by atoms with Gasteiger partial charge in [-0.15, -0.1) is 5.10 Å². The first-order valence-electron chi connectivity index (χ1n) is 8.32. The lowest BCUT2D eigenvalue weighted by atomic mass is 10.2. The van der Waals surface area contributed by atoms with Crippen molar-refractivity contribution in [2.45, 2.75) is 39.7 Å². The summed E-state index contributed by atoms with van der Waals surface area (Å²) in [6, 6.07) is 7.22. The molecule has 25 heavy (non-hydrogen) atoms. The summed E-state index contributed by atoms with van der Waals surface area (Å²) in [5, 5.41) is 5.65. The average molecular weight is 385 g/mol. The van der Waals surface area contributed by atoms with Crippen molar-refractivity contribution in [3.05, 3.63) is 45.6 Å². The molecular formula is C18H22Cl2N2O3. The van der Waals surface area contributed by atoms with Crippen LogP contribution in [0.1, 0.15) is 37.9 Å². The predicted molar refractivity (Wildman–Crippen MR) is 98.5 cm³/mol. The van der Waals surface area contributed by atoms with Gasteiger partial charge in [-0.1, -0.05) is 36.2 Å². The van der Waals surface area contributed by atoms with Crippen molar-refractivity contribution in [2.24, 2.45) is 0 Å². The van der Waals surface area contributed by atoms with E-state index in [9.17, 15) is 4.79 Å². The average Bonchev–Trinajstić information content (AvgIpc) is 2.96. The molecule has 0 amide bonds. The molecule has 7 heteroatoms. The Hall–Kier alpha value is -1.72. The standard InChI is InChI=1S/C18H22Cl2N2O3/c1-3-9-25-17-11-15(7-8-18(23)24-4-2)22(21-17)12-13-5-6-14(19)10-16(13)20/h5-6,10-11H,3-4,7-9,12H2,1-2H3. The highest BCUT2D eigenvalue weighted by Gasteiger charge is 2.13. The van der Waals surface area contributed by atoms with E-state index in [1.165, 1.54) is 0 Å². The van der Waals surface area contributed by atoms with Gasteiger partial charge in [0.05, 0.1) is 26.2 Å². The molecule has 0 radical (unpaired) electrons. The van der Waals surface area contributed by atoms with Crippen LogP contribution in [0.2, 0.25) is 10.0 Å². The normalized spacial score (nSPS) is 10.7. The Morgan fingerprint density at radius 2 is 2.04 bits per heavy atom.